The fourth-order valence-corrected chi connectivity index (χ4v) is 2.71. The summed E-state index contributed by atoms with van der Waals surface area (Å²) in [5, 5.41) is 7.90. The Morgan fingerprint density at radius 1 is 1.00 bits per heavy atom. The number of nitrogens with one attached hydrogen (secondary N) is 1. The van der Waals surface area contributed by atoms with Gasteiger partial charge in [-0.1, -0.05) is 31.5 Å². The van der Waals surface area contributed by atoms with Crippen molar-refractivity contribution in [3.8, 4) is 22.5 Å². The minimum Gasteiger partial charge on any atom is -0.333 e. The molecule has 0 aliphatic rings. The number of benzene rings is 1. The summed E-state index contributed by atoms with van der Waals surface area (Å²) in [6.07, 6.45) is 6.67. The van der Waals surface area contributed by atoms with Crippen LogP contribution in [-0.4, -0.2) is 40.0 Å². The number of unbranched alkanes of at least 4 members (excludes halogenated alkanes) is 1. The van der Waals surface area contributed by atoms with Gasteiger partial charge in [0.1, 0.15) is 0 Å². The SMILES string of the molecule is CCCCN.CN.O=Cc1cc(-c2ccnc(-c3cnc4ccccc4c3)c2)n[nH]1. The molecule has 3 aromatic heterocycles. The maximum Gasteiger partial charge on any atom is 0.167 e. The van der Waals surface area contributed by atoms with E-state index in [1.165, 1.54) is 19.9 Å². The third-order valence-corrected chi connectivity index (χ3v) is 4.22. The first-order valence-corrected chi connectivity index (χ1v) is 9.85. The predicted octanol–water partition coefficient (Wildman–Crippen LogP) is 3.82. The van der Waals surface area contributed by atoms with Gasteiger partial charge in [-0.25, -0.2) is 0 Å². The molecular weight excluding hydrogens is 376 g/mol. The van der Waals surface area contributed by atoms with Gasteiger partial charge in [0.05, 0.1) is 22.6 Å². The van der Waals surface area contributed by atoms with E-state index in [-0.39, 0.29) is 0 Å². The van der Waals surface area contributed by atoms with E-state index in [4.69, 9.17) is 5.73 Å². The van der Waals surface area contributed by atoms with E-state index in [2.05, 4.69) is 38.9 Å². The monoisotopic (exact) mass is 404 g/mol. The number of nitrogens with zero attached hydrogens (tertiary/aromatic N) is 3. The molecule has 0 bridgehead atoms. The van der Waals surface area contributed by atoms with Crippen molar-refractivity contribution >= 4 is 17.2 Å². The van der Waals surface area contributed by atoms with Crippen molar-refractivity contribution in [1.82, 2.24) is 20.2 Å². The smallest absolute Gasteiger partial charge is 0.167 e. The minimum absolute atomic E-state index is 0.450. The lowest BCUT2D eigenvalue weighted by Crippen LogP contribution is -1.95. The number of para-hydroxylation sites is 1. The lowest BCUT2D eigenvalue weighted by atomic mass is 10.1. The quantitative estimate of drug-likeness (QED) is 0.434. The second-order valence-corrected chi connectivity index (χ2v) is 6.32. The van der Waals surface area contributed by atoms with Gasteiger partial charge in [-0.2, -0.15) is 5.10 Å². The summed E-state index contributed by atoms with van der Waals surface area (Å²) in [7, 11) is 1.50. The fourth-order valence-electron chi connectivity index (χ4n) is 2.71. The van der Waals surface area contributed by atoms with Crippen LogP contribution in [0.3, 0.4) is 0 Å². The normalized spacial score (nSPS) is 9.87. The van der Waals surface area contributed by atoms with Gasteiger partial charge in [0.25, 0.3) is 0 Å². The molecule has 3 heterocycles. The second-order valence-electron chi connectivity index (χ2n) is 6.32. The number of H-pyrrole nitrogens is 1. The Kier molecular flexibility index (Phi) is 9.30. The van der Waals surface area contributed by atoms with Gasteiger partial charge >= 0.3 is 0 Å². The molecule has 0 radical (unpaired) electrons. The summed E-state index contributed by atoms with van der Waals surface area (Å²) in [4.78, 5) is 19.7. The van der Waals surface area contributed by atoms with E-state index in [9.17, 15) is 4.79 Å². The number of fused-ring (bicyclic) bond motifs is 1. The molecule has 4 aromatic rings. The zero-order valence-electron chi connectivity index (χ0n) is 17.4. The highest BCUT2D eigenvalue weighted by Gasteiger charge is 2.07. The Bertz CT molecular complexity index is 1060. The second kappa shape index (κ2) is 12.2. The minimum atomic E-state index is 0.450. The highest BCUT2D eigenvalue weighted by molar-refractivity contribution is 5.83. The van der Waals surface area contributed by atoms with Crippen molar-refractivity contribution in [2.24, 2.45) is 11.5 Å². The highest BCUT2D eigenvalue weighted by Crippen LogP contribution is 2.25. The Morgan fingerprint density at radius 2 is 1.80 bits per heavy atom. The molecule has 0 spiro atoms. The van der Waals surface area contributed by atoms with Crippen molar-refractivity contribution in [2.75, 3.05) is 13.6 Å². The van der Waals surface area contributed by atoms with Gasteiger partial charge in [0, 0.05) is 28.9 Å². The molecule has 0 aliphatic carbocycles. The molecule has 0 atom stereocenters. The van der Waals surface area contributed by atoms with Crippen LogP contribution in [0.25, 0.3) is 33.4 Å². The number of aromatic nitrogens is 4. The lowest BCUT2D eigenvalue weighted by molar-refractivity contribution is 0.111. The van der Waals surface area contributed by atoms with Crippen LogP contribution < -0.4 is 11.5 Å². The molecule has 5 N–H and O–H groups in total. The van der Waals surface area contributed by atoms with E-state index < -0.39 is 0 Å². The molecule has 30 heavy (non-hydrogen) atoms. The fraction of sp³-hybridized carbons (Fsp3) is 0.217. The number of hydrogen-bond acceptors (Lipinski definition) is 6. The molecule has 0 saturated carbocycles. The van der Waals surface area contributed by atoms with Crippen molar-refractivity contribution in [1.29, 1.82) is 0 Å². The average Bonchev–Trinajstić information content (AvgIpc) is 3.31. The molecule has 4 rings (SSSR count). The molecule has 0 saturated heterocycles. The first-order valence-electron chi connectivity index (χ1n) is 9.85. The predicted molar refractivity (Wildman–Crippen MR) is 122 cm³/mol. The third kappa shape index (κ3) is 6.04. The summed E-state index contributed by atoms with van der Waals surface area (Å²) in [6, 6.07) is 15.5. The van der Waals surface area contributed by atoms with Gasteiger partial charge in [0.2, 0.25) is 0 Å². The Labute approximate surface area is 176 Å². The molecule has 1 aromatic carbocycles. The number of aromatic amines is 1. The van der Waals surface area contributed by atoms with Gasteiger partial charge < -0.3 is 11.5 Å². The Balaban J connectivity index is 0.000000404. The lowest BCUT2D eigenvalue weighted by Gasteiger charge is -2.04. The standard InChI is InChI=1S/C18H12N4O.C4H11N.CH5N/c23-11-15-9-18(22-21-15)13-5-6-19-17(8-13)14-7-12-3-1-2-4-16(12)20-10-14;1-2-3-4-5;1-2/h1-11H,(H,21,22);2-5H2,1H3;2H2,1H3. The number of hydrogen-bond donors (Lipinski definition) is 3. The molecule has 0 aliphatic heterocycles. The average molecular weight is 405 g/mol. The molecule has 7 nitrogen and oxygen atoms in total. The molecule has 0 fully saturated rings. The van der Waals surface area contributed by atoms with Crippen molar-refractivity contribution in [2.45, 2.75) is 19.8 Å². The van der Waals surface area contributed by atoms with Crippen molar-refractivity contribution in [3.05, 3.63) is 66.6 Å². The van der Waals surface area contributed by atoms with Crippen LogP contribution >= 0.6 is 0 Å². The molecule has 156 valence electrons. The first kappa shape index (κ1) is 22.9. The number of carbonyl (C=O) groups excluding carboxylic acids is 1. The topological polar surface area (TPSA) is 124 Å². The molecule has 7 heteroatoms. The molecular formula is C23H28N6O. The summed E-state index contributed by atoms with van der Waals surface area (Å²) in [6.45, 7) is 2.98. The summed E-state index contributed by atoms with van der Waals surface area (Å²) in [5.74, 6) is 0. The van der Waals surface area contributed by atoms with Crippen LogP contribution in [0.1, 0.15) is 30.3 Å². The zero-order chi connectivity index (χ0) is 21.8. The number of rotatable bonds is 5. The summed E-state index contributed by atoms with van der Waals surface area (Å²) in [5.41, 5.74) is 14.4. The van der Waals surface area contributed by atoms with Crippen LogP contribution in [0.15, 0.2) is 60.9 Å². The van der Waals surface area contributed by atoms with Gasteiger partial charge in [-0.05, 0) is 50.3 Å². The maximum absolute atomic E-state index is 10.8. The van der Waals surface area contributed by atoms with E-state index in [0.717, 1.165) is 40.6 Å². The summed E-state index contributed by atoms with van der Waals surface area (Å²) < 4.78 is 0. The van der Waals surface area contributed by atoms with Gasteiger partial charge in [0.15, 0.2) is 6.29 Å². The maximum atomic E-state index is 10.8. The Hall–Kier alpha value is -3.42. The largest absolute Gasteiger partial charge is 0.333 e. The number of aldehydes is 1. The third-order valence-electron chi connectivity index (χ3n) is 4.22. The van der Waals surface area contributed by atoms with Crippen LogP contribution in [0.2, 0.25) is 0 Å². The summed E-state index contributed by atoms with van der Waals surface area (Å²) >= 11 is 0. The molecule has 0 unspecified atom stereocenters. The van der Waals surface area contributed by atoms with E-state index in [0.29, 0.717) is 11.4 Å². The van der Waals surface area contributed by atoms with Gasteiger partial charge in [-0.3, -0.25) is 19.9 Å². The van der Waals surface area contributed by atoms with Crippen LogP contribution in [-0.2, 0) is 0 Å². The van der Waals surface area contributed by atoms with Crippen molar-refractivity contribution in [3.63, 3.8) is 0 Å². The van der Waals surface area contributed by atoms with Crippen LogP contribution in [0.5, 0.6) is 0 Å². The van der Waals surface area contributed by atoms with Crippen LogP contribution in [0, 0.1) is 0 Å². The number of carbonyl (C=O) groups is 1. The van der Waals surface area contributed by atoms with E-state index in [1.54, 1.807) is 12.3 Å². The highest BCUT2D eigenvalue weighted by atomic mass is 16.1. The van der Waals surface area contributed by atoms with E-state index >= 15 is 0 Å². The van der Waals surface area contributed by atoms with Crippen LogP contribution in [0.4, 0.5) is 0 Å². The van der Waals surface area contributed by atoms with E-state index in [1.807, 2.05) is 42.6 Å². The first-order chi connectivity index (χ1) is 14.7. The van der Waals surface area contributed by atoms with Crippen molar-refractivity contribution < 1.29 is 4.79 Å². The van der Waals surface area contributed by atoms with Gasteiger partial charge in [-0.15, -0.1) is 0 Å². The number of pyridine rings is 2. The zero-order valence-corrected chi connectivity index (χ0v) is 17.4. The number of nitrogens with two attached hydrogens (primary N) is 2. The molecule has 0 amide bonds. The Morgan fingerprint density at radius 3 is 2.47 bits per heavy atom.